The number of halogens is 2. The quantitative estimate of drug-likeness (QED) is 0.727. The number of benzene rings is 1. The molecule has 1 amide bonds. The number of carboxylic acid groups (broad SMARTS) is 1. The van der Waals surface area contributed by atoms with E-state index in [9.17, 15) is 19.1 Å². The van der Waals surface area contributed by atoms with Gasteiger partial charge in [0, 0.05) is 24.7 Å². The van der Waals surface area contributed by atoms with E-state index in [4.69, 9.17) is 11.6 Å². The van der Waals surface area contributed by atoms with E-state index in [2.05, 4.69) is 15.3 Å². The number of amides is 1. The Morgan fingerprint density at radius 1 is 1.23 bits per heavy atom. The Hall–Kier alpha value is -3.00. The van der Waals surface area contributed by atoms with Gasteiger partial charge >= 0.3 is 5.97 Å². The zero-order chi connectivity index (χ0) is 22.0. The molecule has 0 unspecified atom stereocenters. The minimum absolute atomic E-state index is 0.0158. The molecule has 2 heterocycles. The Kier molecular flexibility index (Phi) is 6.18. The van der Waals surface area contributed by atoms with Crippen LogP contribution in [0.4, 0.5) is 10.3 Å². The van der Waals surface area contributed by atoms with Gasteiger partial charge in [0.1, 0.15) is 5.82 Å². The zero-order valence-corrected chi connectivity index (χ0v) is 17.5. The van der Waals surface area contributed by atoms with Crippen LogP contribution in [0.2, 0.25) is 5.02 Å². The first kappa shape index (κ1) is 21.2. The minimum atomic E-state index is -0.772. The molecule has 31 heavy (non-hydrogen) atoms. The molecule has 7 nitrogen and oxygen atoms in total. The van der Waals surface area contributed by atoms with E-state index in [0.717, 1.165) is 18.4 Å². The molecule has 4 rings (SSSR count). The van der Waals surface area contributed by atoms with E-state index in [1.165, 1.54) is 30.5 Å². The molecule has 0 saturated heterocycles. The Labute approximate surface area is 184 Å². The lowest BCUT2D eigenvalue weighted by Crippen LogP contribution is -2.31. The lowest BCUT2D eigenvalue weighted by molar-refractivity contribution is -0.142. The smallest absolute Gasteiger partial charge is 0.306 e. The molecule has 9 heteroatoms. The number of carboxylic acids is 1. The van der Waals surface area contributed by atoms with Crippen LogP contribution in [0.5, 0.6) is 0 Å². The second-order valence-corrected chi connectivity index (χ2v) is 8.26. The van der Waals surface area contributed by atoms with E-state index in [1.807, 2.05) is 6.08 Å². The number of hydrogen-bond acceptors (Lipinski definition) is 5. The van der Waals surface area contributed by atoms with Crippen molar-refractivity contribution in [2.24, 2.45) is 5.92 Å². The van der Waals surface area contributed by atoms with E-state index in [0.29, 0.717) is 48.2 Å². The van der Waals surface area contributed by atoms with E-state index >= 15 is 0 Å². The molecule has 2 aliphatic rings. The van der Waals surface area contributed by atoms with Gasteiger partial charge in [-0.15, -0.1) is 0 Å². The highest BCUT2D eigenvalue weighted by molar-refractivity contribution is 6.32. The van der Waals surface area contributed by atoms with Gasteiger partial charge in [0.2, 0.25) is 5.95 Å². The Morgan fingerprint density at radius 3 is 2.74 bits per heavy atom. The van der Waals surface area contributed by atoms with Crippen molar-refractivity contribution in [2.45, 2.75) is 31.7 Å². The lowest BCUT2D eigenvalue weighted by atomic mass is 9.86. The summed E-state index contributed by atoms with van der Waals surface area (Å²) in [6.45, 7) is 0.731. The molecular formula is C22H22ClFN4O3. The molecule has 0 bridgehead atoms. The third kappa shape index (κ3) is 4.85. The lowest BCUT2D eigenvalue weighted by Gasteiger charge is -2.27. The topological polar surface area (TPSA) is 95.4 Å². The third-order valence-electron chi connectivity index (χ3n) is 5.70. The fourth-order valence-corrected chi connectivity index (χ4v) is 4.26. The second kappa shape index (κ2) is 9.01. The van der Waals surface area contributed by atoms with Crippen molar-refractivity contribution in [3.05, 3.63) is 58.6 Å². The molecule has 0 spiro atoms. The van der Waals surface area contributed by atoms with Crippen LogP contribution in [-0.4, -0.2) is 51.0 Å². The van der Waals surface area contributed by atoms with Crippen LogP contribution < -0.4 is 5.32 Å². The summed E-state index contributed by atoms with van der Waals surface area (Å²) >= 11 is 6.33. The van der Waals surface area contributed by atoms with Gasteiger partial charge < -0.3 is 15.3 Å². The van der Waals surface area contributed by atoms with Crippen LogP contribution in [0.1, 0.15) is 41.7 Å². The first-order chi connectivity index (χ1) is 14.9. The number of aliphatic carboxylic acids is 1. The van der Waals surface area contributed by atoms with Gasteiger partial charge in [-0.2, -0.15) is 0 Å². The largest absolute Gasteiger partial charge is 0.481 e. The van der Waals surface area contributed by atoms with Crippen molar-refractivity contribution >= 4 is 35.0 Å². The van der Waals surface area contributed by atoms with Gasteiger partial charge in [-0.25, -0.2) is 14.4 Å². The molecule has 2 atom stereocenters. The van der Waals surface area contributed by atoms with Crippen LogP contribution in [0.15, 0.2) is 36.5 Å². The maximum Gasteiger partial charge on any atom is 0.306 e. The van der Waals surface area contributed by atoms with Gasteiger partial charge in [-0.3, -0.25) is 9.59 Å². The molecule has 0 radical (unpaired) electrons. The van der Waals surface area contributed by atoms with Crippen LogP contribution in [0, 0.1) is 11.7 Å². The fraction of sp³-hybridized carbons (Fsp3) is 0.364. The van der Waals surface area contributed by atoms with Crippen molar-refractivity contribution in [2.75, 3.05) is 18.4 Å². The van der Waals surface area contributed by atoms with Gasteiger partial charge in [0.15, 0.2) is 0 Å². The molecule has 1 aliphatic heterocycles. The molecule has 1 saturated carbocycles. The van der Waals surface area contributed by atoms with E-state index in [1.54, 1.807) is 4.90 Å². The summed E-state index contributed by atoms with van der Waals surface area (Å²) in [4.78, 5) is 34.4. The first-order valence-corrected chi connectivity index (χ1v) is 10.5. The van der Waals surface area contributed by atoms with Gasteiger partial charge in [0.05, 0.1) is 22.8 Å². The Morgan fingerprint density at radius 2 is 2.00 bits per heavy atom. The highest BCUT2D eigenvalue weighted by atomic mass is 35.5. The molecule has 1 aromatic carbocycles. The molecule has 2 N–H and O–H groups in total. The summed E-state index contributed by atoms with van der Waals surface area (Å²) in [7, 11) is 0. The van der Waals surface area contributed by atoms with Crippen LogP contribution in [0.3, 0.4) is 0 Å². The number of carbonyl (C=O) groups excluding carboxylic acids is 1. The summed E-state index contributed by atoms with van der Waals surface area (Å²) in [6, 6.07) is 5.43. The Balaban J connectivity index is 1.44. The number of aromatic nitrogens is 2. The average molecular weight is 445 g/mol. The minimum Gasteiger partial charge on any atom is -0.481 e. The SMILES string of the molecule is O=C(O)[C@H]1CCC[C@@H](Nc2ncc(Cl)c(C3=CCN(C(=O)c4ccc(F)cc4)C3)n2)C1. The molecular weight excluding hydrogens is 423 g/mol. The van der Waals surface area contributed by atoms with Crippen LogP contribution in [-0.2, 0) is 4.79 Å². The van der Waals surface area contributed by atoms with Crippen LogP contribution in [0.25, 0.3) is 5.57 Å². The van der Waals surface area contributed by atoms with Gasteiger partial charge in [-0.05, 0) is 49.1 Å². The van der Waals surface area contributed by atoms with Crippen molar-refractivity contribution in [3.63, 3.8) is 0 Å². The molecule has 162 valence electrons. The van der Waals surface area contributed by atoms with Crippen molar-refractivity contribution in [3.8, 4) is 0 Å². The normalized spacial score (nSPS) is 21.0. The Bertz CT molecular complexity index is 1030. The highest BCUT2D eigenvalue weighted by Crippen LogP contribution is 2.29. The zero-order valence-electron chi connectivity index (χ0n) is 16.7. The average Bonchev–Trinajstić information content (AvgIpc) is 3.25. The predicted octanol–water partition coefficient (Wildman–Crippen LogP) is 3.86. The molecule has 1 aromatic heterocycles. The summed E-state index contributed by atoms with van der Waals surface area (Å²) in [5, 5.41) is 12.9. The second-order valence-electron chi connectivity index (χ2n) is 7.86. The van der Waals surface area contributed by atoms with Gasteiger partial charge in [0.25, 0.3) is 5.91 Å². The summed E-state index contributed by atoms with van der Waals surface area (Å²) in [5.41, 5.74) is 1.76. The number of rotatable bonds is 5. The number of anilines is 1. The third-order valence-corrected chi connectivity index (χ3v) is 5.98. The molecule has 2 aromatic rings. The maximum absolute atomic E-state index is 13.1. The summed E-state index contributed by atoms with van der Waals surface area (Å²) in [6.07, 6.45) is 6.30. The number of hydrogen-bond donors (Lipinski definition) is 2. The van der Waals surface area contributed by atoms with Gasteiger partial charge in [-0.1, -0.05) is 24.1 Å². The summed E-state index contributed by atoms with van der Waals surface area (Å²) < 4.78 is 13.1. The fourth-order valence-electron chi connectivity index (χ4n) is 4.05. The van der Waals surface area contributed by atoms with Crippen molar-refractivity contribution < 1.29 is 19.1 Å². The monoisotopic (exact) mass is 444 g/mol. The maximum atomic E-state index is 13.1. The van der Waals surface area contributed by atoms with Crippen molar-refractivity contribution in [1.29, 1.82) is 0 Å². The standard InChI is InChI=1S/C22H22ClFN4O3/c23-18-11-25-22(26-17-3-1-2-14(10-17)21(30)31)27-19(18)15-8-9-28(12-15)20(29)13-4-6-16(24)7-5-13/h4-8,11,14,17H,1-3,9-10,12H2,(H,30,31)(H,25,26,27)/t14-,17+/m0/s1. The first-order valence-electron chi connectivity index (χ1n) is 10.2. The molecule has 1 fully saturated rings. The molecule has 1 aliphatic carbocycles. The van der Waals surface area contributed by atoms with E-state index < -0.39 is 11.8 Å². The van der Waals surface area contributed by atoms with Crippen LogP contribution >= 0.6 is 11.6 Å². The number of carbonyl (C=O) groups is 2. The highest BCUT2D eigenvalue weighted by Gasteiger charge is 2.28. The summed E-state index contributed by atoms with van der Waals surface area (Å²) in [5.74, 6) is -1.33. The predicted molar refractivity (Wildman–Crippen MR) is 114 cm³/mol. The van der Waals surface area contributed by atoms with E-state index in [-0.39, 0.29) is 17.9 Å². The number of nitrogens with one attached hydrogen (secondary N) is 1. The number of nitrogens with zero attached hydrogens (tertiary/aromatic N) is 3. The van der Waals surface area contributed by atoms with Crippen molar-refractivity contribution in [1.82, 2.24) is 14.9 Å².